The van der Waals surface area contributed by atoms with Gasteiger partial charge in [0.2, 0.25) is 0 Å². The lowest BCUT2D eigenvalue weighted by Gasteiger charge is -2.25. The smallest absolute Gasteiger partial charge is 0.388 e. The highest BCUT2D eigenvalue weighted by molar-refractivity contribution is 7.80. The van der Waals surface area contributed by atoms with E-state index in [0.29, 0.717) is 6.42 Å². The molecule has 0 aliphatic rings. The maximum atomic E-state index is 11.4. The Morgan fingerprint density at radius 3 is 2.24 bits per heavy atom. The molecule has 0 aliphatic heterocycles. The molecule has 126 valence electrons. The van der Waals surface area contributed by atoms with E-state index in [1.807, 2.05) is 6.92 Å². The van der Waals surface area contributed by atoms with Crippen LogP contribution in [0.2, 0.25) is 0 Å². The molecule has 0 rings (SSSR count). The summed E-state index contributed by atoms with van der Waals surface area (Å²) in [7, 11) is -4.82. The molecule has 0 radical (unpaired) electrons. The van der Waals surface area contributed by atoms with E-state index in [1.165, 1.54) is 0 Å². The minimum atomic E-state index is -4.82. The second-order valence-corrected chi connectivity index (χ2v) is 5.44. The van der Waals surface area contributed by atoms with E-state index in [-0.39, 0.29) is 6.54 Å². The molecule has 0 fully saturated rings. The van der Waals surface area contributed by atoms with Gasteiger partial charge in [-0.15, -0.1) is 0 Å². The monoisotopic (exact) mass is 331 g/mol. The van der Waals surface area contributed by atoms with Crippen molar-refractivity contribution < 1.29 is 42.4 Å². The molecular formula is C10H21NO9S. The Balaban J connectivity index is 4.39. The lowest BCUT2D eigenvalue weighted by molar-refractivity contribution is -0.148. The summed E-state index contributed by atoms with van der Waals surface area (Å²) in [5.41, 5.74) is 0. The Kier molecular flexibility index (Phi) is 8.89. The normalized spacial score (nSPS) is 17.8. The molecule has 0 aromatic carbocycles. The van der Waals surface area contributed by atoms with Gasteiger partial charge in [0.1, 0.15) is 18.3 Å². The molecule has 0 spiro atoms. The molecule has 0 aromatic heterocycles. The largest absolute Gasteiger partial charge is 0.397 e. The second kappa shape index (κ2) is 9.25. The highest BCUT2D eigenvalue weighted by Gasteiger charge is 2.34. The number of nitrogens with one attached hydrogen (secondary N) is 1. The number of hydrogen-bond donors (Lipinski definition) is 6. The van der Waals surface area contributed by atoms with E-state index in [0.717, 1.165) is 6.42 Å². The van der Waals surface area contributed by atoms with Gasteiger partial charge in [0.25, 0.3) is 5.91 Å². The van der Waals surface area contributed by atoms with Gasteiger partial charge in [-0.05, 0) is 6.42 Å². The molecule has 0 heterocycles. The molecule has 4 atom stereocenters. The van der Waals surface area contributed by atoms with Gasteiger partial charge >= 0.3 is 10.4 Å². The van der Waals surface area contributed by atoms with Gasteiger partial charge < -0.3 is 25.7 Å². The number of carbonyl (C=O) groups excluding carboxylic acids is 1. The van der Waals surface area contributed by atoms with Gasteiger partial charge in [0.15, 0.2) is 6.10 Å². The van der Waals surface area contributed by atoms with Crippen LogP contribution in [0.1, 0.15) is 19.8 Å². The van der Waals surface area contributed by atoms with Crippen molar-refractivity contribution in [2.24, 2.45) is 0 Å². The molecule has 21 heavy (non-hydrogen) atoms. The topological polar surface area (TPSA) is 174 Å². The quantitative estimate of drug-likeness (QED) is 0.182. The van der Waals surface area contributed by atoms with Crippen molar-refractivity contribution in [1.29, 1.82) is 0 Å². The molecule has 0 saturated heterocycles. The van der Waals surface area contributed by atoms with Crippen molar-refractivity contribution in [3.05, 3.63) is 0 Å². The summed E-state index contributed by atoms with van der Waals surface area (Å²) in [6.45, 7) is 1.09. The van der Waals surface area contributed by atoms with Crippen molar-refractivity contribution in [3.8, 4) is 0 Å². The van der Waals surface area contributed by atoms with Crippen LogP contribution in [0.5, 0.6) is 0 Å². The number of amides is 1. The SMILES string of the molecule is CCCCNC(=O)[C@H](O)[C@@H](O)[C@H](O)[C@H](O)COS(=O)(=O)O. The van der Waals surface area contributed by atoms with Crippen molar-refractivity contribution in [1.82, 2.24) is 5.32 Å². The summed E-state index contributed by atoms with van der Waals surface area (Å²) in [5, 5.41) is 40.1. The number of unbranched alkanes of at least 4 members (excludes halogenated alkanes) is 1. The van der Waals surface area contributed by atoms with Crippen molar-refractivity contribution in [2.45, 2.75) is 44.2 Å². The van der Waals surface area contributed by atoms with Crippen LogP contribution in [0, 0.1) is 0 Å². The van der Waals surface area contributed by atoms with E-state index >= 15 is 0 Å². The number of aliphatic hydroxyl groups is 4. The predicted molar refractivity (Wildman–Crippen MR) is 69.4 cm³/mol. The van der Waals surface area contributed by atoms with Gasteiger partial charge in [-0.1, -0.05) is 13.3 Å². The standard InChI is InChI=1S/C10H21NO9S/c1-2-3-4-11-10(16)9(15)8(14)7(13)6(12)5-20-21(17,18)19/h6-9,12-15H,2-5H2,1H3,(H,11,16)(H,17,18,19)/t6-,7-,8+,9-/m1/s1. The molecule has 10 nitrogen and oxygen atoms in total. The fourth-order valence-electron chi connectivity index (χ4n) is 1.32. The van der Waals surface area contributed by atoms with Gasteiger partial charge in [0.05, 0.1) is 6.61 Å². The van der Waals surface area contributed by atoms with Crippen LogP contribution < -0.4 is 5.32 Å². The van der Waals surface area contributed by atoms with E-state index in [1.54, 1.807) is 0 Å². The molecule has 6 N–H and O–H groups in total. The number of carbonyl (C=O) groups is 1. The van der Waals surface area contributed by atoms with Gasteiger partial charge in [-0.25, -0.2) is 4.18 Å². The van der Waals surface area contributed by atoms with E-state index in [2.05, 4.69) is 9.50 Å². The van der Waals surface area contributed by atoms with Crippen LogP contribution >= 0.6 is 0 Å². The lowest BCUT2D eigenvalue weighted by atomic mass is 10.0. The molecular weight excluding hydrogens is 310 g/mol. The first-order chi connectivity index (χ1) is 9.60. The van der Waals surface area contributed by atoms with Crippen LogP contribution in [-0.4, -0.2) is 76.9 Å². The first kappa shape index (κ1) is 20.2. The minimum Gasteiger partial charge on any atom is -0.388 e. The highest BCUT2D eigenvalue weighted by atomic mass is 32.3. The highest BCUT2D eigenvalue weighted by Crippen LogP contribution is 2.07. The van der Waals surface area contributed by atoms with Crippen molar-refractivity contribution >= 4 is 16.3 Å². The third-order valence-electron chi connectivity index (χ3n) is 2.55. The molecule has 0 bridgehead atoms. The maximum Gasteiger partial charge on any atom is 0.397 e. The summed E-state index contributed by atoms with van der Waals surface area (Å²) in [6, 6.07) is 0. The molecule has 11 heteroatoms. The summed E-state index contributed by atoms with van der Waals surface area (Å²) in [6.07, 6.45) is -6.63. The van der Waals surface area contributed by atoms with Crippen LogP contribution in [0.3, 0.4) is 0 Å². The van der Waals surface area contributed by atoms with Gasteiger partial charge in [-0.3, -0.25) is 9.35 Å². The Morgan fingerprint density at radius 2 is 1.76 bits per heavy atom. The van der Waals surface area contributed by atoms with Crippen molar-refractivity contribution in [3.63, 3.8) is 0 Å². The summed E-state index contributed by atoms with van der Waals surface area (Å²) >= 11 is 0. The van der Waals surface area contributed by atoms with Crippen LogP contribution in [0.4, 0.5) is 0 Å². The molecule has 1 amide bonds. The Bertz CT molecular complexity index is 413. The average molecular weight is 331 g/mol. The number of hydrogen-bond acceptors (Lipinski definition) is 8. The lowest BCUT2D eigenvalue weighted by Crippen LogP contribution is -2.52. The van der Waals surface area contributed by atoms with Gasteiger partial charge in [0, 0.05) is 6.54 Å². The Hall–Kier alpha value is -0.820. The third-order valence-corrected chi connectivity index (χ3v) is 2.99. The Morgan fingerprint density at radius 1 is 1.19 bits per heavy atom. The average Bonchev–Trinajstić information content (AvgIpc) is 2.41. The minimum absolute atomic E-state index is 0.267. The predicted octanol–water partition coefficient (Wildman–Crippen LogP) is -2.83. The molecule has 0 unspecified atom stereocenters. The third kappa shape index (κ3) is 8.26. The van der Waals surface area contributed by atoms with E-state index in [9.17, 15) is 33.6 Å². The van der Waals surface area contributed by atoms with Crippen LogP contribution in [-0.2, 0) is 19.4 Å². The maximum absolute atomic E-state index is 11.4. The van der Waals surface area contributed by atoms with Crippen molar-refractivity contribution in [2.75, 3.05) is 13.2 Å². The summed E-state index contributed by atoms with van der Waals surface area (Å²) < 4.78 is 32.7. The summed E-state index contributed by atoms with van der Waals surface area (Å²) in [5.74, 6) is -0.946. The Labute approximate surface area is 122 Å². The molecule has 0 aromatic rings. The first-order valence-corrected chi connectivity index (χ1v) is 7.58. The number of aliphatic hydroxyl groups excluding tert-OH is 4. The zero-order valence-electron chi connectivity index (χ0n) is 11.4. The van der Waals surface area contributed by atoms with E-state index < -0.39 is 47.3 Å². The number of rotatable bonds is 10. The second-order valence-electron chi connectivity index (χ2n) is 4.35. The zero-order chi connectivity index (χ0) is 16.6. The van der Waals surface area contributed by atoms with Crippen LogP contribution in [0.25, 0.3) is 0 Å². The van der Waals surface area contributed by atoms with E-state index in [4.69, 9.17) is 4.55 Å². The molecule has 0 saturated carbocycles. The fourth-order valence-corrected chi connectivity index (χ4v) is 1.63. The zero-order valence-corrected chi connectivity index (χ0v) is 12.2. The fraction of sp³-hybridized carbons (Fsp3) is 0.900. The van der Waals surface area contributed by atoms with Crippen LogP contribution in [0.15, 0.2) is 0 Å². The molecule has 0 aliphatic carbocycles. The first-order valence-electron chi connectivity index (χ1n) is 6.22. The summed E-state index contributed by atoms with van der Waals surface area (Å²) in [4.78, 5) is 11.4. The van der Waals surface area contributed by atoms with Gasteiger partial charge in [-0.2, -0.15) is 8.42 Å².